The zero-order chi connectivity index (χ0) is 14.1. The van der Waals surface area contributed by atoms with Gasteiger partial charge in [0, 0.05) is 24.4 Å². The number of aromatic nitrogens is 3. The van der Waals surface area contributed by atoms with Crippen LogP contribution in [0.15, 0.2) is 52.6 Å². The predicted molar refractivity (Wildman–Crippen MR) is 76.0 cm³/mol. The minimum atomic E-state index is -0.281. The van der Waals surface area contributed by atoms with Crippen molar-refractivity contribution in [3.8, 4) is 11.3 Å². The third kappa shape index (κ3) is 1.73. The molecule has 0 spiro atoms. The summed E-state index contributed by atoms with van der Waals surface area (Å²) in [7, 11) is 0. The Hall–Kier alpha value is -2.76. The van der Waals surface area contributed by atoms with E-state index in [1.54, 1.807) is 10.8 Å². The van der Waals surface area contributed by atoms with E-state index in [1.165, 1.54) is 10.6 Å². The van der Waals surface area contributed by atoms with Crippen LogP contribution in [0.4, 0.5) is 5.69 Å². The highest BCUT2D eigenvalue weighted by atomic mass is 16.3. The molecule has 6 nitrogen and oxygen atoms in total. The first-order valence-corrected chi connectivity index (χ1v) is 6.27. The number of hydrogen-bond acceptors (Lipinski definition) is 4. The summed E-state index contributed by atoms with van der Waals surface area (Å²) in [5.74, 6) is 0. The van der Waals surface area contributed by atoms with Gasteiger partial charge in [-0.1, -0.05) is 30.3 Å². The zero-order valence-electron chi connectivity index (χ0n) is 10.9. The Balaban J connectivity index is 2.43. The van der Waals surface area contributed by atoms with Gasteiger partial charge in [0.2, 0.25) is 0 Å². The minimum Gasteiger partial charge on any atom is -0.331 e. The first-order valence-electron chi connectivity index (χ1n) is 6.27. The molecule has 0 unspecified atom stereocenters. The van der Waals surface area contributed by atoms with Crippen LogP contribution < -0.4 is 5.56 Å². The molecule has 3 rings (SSSR count). The van der Waals surface area contributed by atoms with Crippen LogP contribution in [-0.4, -0.2) is 14.2 Å². The molecular weight excluding hydrogens is 256 g/mol. The Bertz CT molecular complexity index is 833. The van der Waals surface area contributed by atoms with Crippen molar-refractivity contribution in [2.75, 3.05) is 0 Å². The maximum Gasteiger partial charge on any atom is 0.274 e. The summed E-state index contributed by atoms with van der Waals surface area (Å²) in [5.41, 5.74) is 1.51. The third-order valence-corrected chi connectivity index (χ3v) is 3.19. The van der Waals surface area contributed by atoms with Crippen LogP contribution >= 0.6 is 0 Å². The highest BCUT2D eigenvalue weighted by Crippen LogP contribution is 2.32. The number of hydrogen-bond donors (Lipinski definition) is 0. The van der Waals surface area contributed by atoms with Crippen molar-refractivity contribution in [1.29, 1.82) is 0 Å². The second-order valence-electron chi connectivity index (χ2n) is 4.33. The van der Waals surface area contributed by atoms with Crippen LogP contribution in [0.2, 0.25) is 0 Å². The zero-order valence-corrected chi connectivity index (χ0v) is 10.9. The smallest absolute Gasteiger partial charge is 0.274 e. The summed E-state index contributed by atoms with van der Waals surface area (Å²) in [6, 6.07) is 10.7. The average Bonchev–Trinajstić information content (AvgIpc) is 2.89. The molecule has 0 aliphatic heterocycles. The first-order chi connectivity index (χ1) is 9.76. The molecule has 20 heavy (non-hydrogen) atoms. The van der Waals surface area contributed by atoms with Crippen LogP contribution in [0.25, 0.3) is 16.9 Å². The summed E-state index contributed by atoms with van der Waals surface area (Å²) in [6.07, 6.45) is 1.64. The van der Waals surface area contributed by atoms with E-state index in [4.69, 9.17) is 0 Å². The molecule has 6 heteroatoms. The van der Waals surface area contributed by atoms with Crippen LogP contribution in [0, 0.1) is 4.91 Å². The largest absolute Gasteiger partial charge is 0.331 e. The van der Waals surface area contributed by atoms with E-state index in [1.807, 2.05) is 37.3 Å². The van der Waals surface area contributed by atoms with E-state index in [-0.39, 0.29) is 11.2 Å². The monoisotopic (exact) mass is 268 g/mol. The van der Waals surface area contributed by atoms with Gasteiger partial charge in [-0.05, 0) is 12.1 Å². The Labute approximate surface area is 114 Å². The molecule has 0 saturated carbocycles. The van der Waals surface area contributed by atoms with Gasteiger partial charge in [-0.25, -0.2) is 0 Å². The van der Waals surface area contributed by atoms with Gasteiger partial charge in [0.15, 0.2) is 11.3 Å². The Morgan fingerprint density at radius 3 is 2.60 bits per heavy atom. The fraction of sp³-hybridized carbons (Fsp3) is 0.143. The number of nitrogens with zero attached hydrogens (tertiary/aromatic N) is 4. The Morgan fingerprint density at radius 1 is 1.20 bits per heavy atom. The van der Waals surface area contributed by atoms with E-state index in [2.05, 4.69) is 10.3 Å². The lowest BCUT2D eigenvalue weighted by Gasteiger charge is -2.03. The molecule has 0 saturated heterocycles. The standard InChI is InChI=1S/C14H12N4O2/c1-2-17-9-8-11(19)18-14(17)13(16-20)12(15-18)10-6-4-3-5-7-10/h3-9H,2H2,1H3. The molecule has 0 amide bonds. The van der Waals surface area contributed by atoms with Gasteiger partial charge in [0.1, 0.15) is 5.69 Å². The summed E-state index contributed by atoms with van der Waals surface area (Å²) in [6.45, 7) is 2.54. The molecule has 100 valence electrons. The van der Waals surface area contributed by atoms with Crippen LogP contribution in [0.1, 0.15) is 6.92 Å². The predicted octanol–water partition coefficient (Wildman–Crippen LogP) is 2.58. The second-order valence-corrected chi connectivity index (χ2v) is 4.33. The van der Waals surface area contributed by atoms with Gasteiger partial charge in [-0.3, -0.25) is 4.79 Å². The first kappa shape index (κ1) is 12.3. The summed E-state index contributed by atoms with van der Waals surface area (Å²) >= 11 is 0. The number of aryl methyl sites for hydroxylation is 1. The normalized spacial score (nSPS) is 10.8. The number of nitroso groups, excluding NO2 is 1. The Kier molecular flexibility index (Phi) is 2.90. The number of rotatable bonds is 3. The molecule has 0 bridgehead atoms. The van der Waals surface area contributed by atoms with Crippen molar-refractivity contribution in [2.45, 2.75) is 13.5 Å². The average molecular weight is 268 g/mol. The SMILES string of the molecule is CCn1ccc(=O)n2nc(-c3ccccc3)c(N=O)c12. The molecule has 2 heterocycles. The van der Waals surface area contributed by atoms with Crippen molar-refractivity contribution in [3.63, 3.8) is 0 Å². The maximum atomic E-state index is 11.9. The molecule has 0 aliphatic carbocycles. The van der Waals surface area contributed by atoms with E-state index >= 15 is 0 Å². The number of benzene rings is 1. The van der Waals surface area contributed by atoms with Crippen LogP contribution in [0.3, 0.4) is 0 Å². The molecule has 2 aromatic heterocycles. The molecule has 0 N–H and O–H groups in total. The molecule has 1 aromatic carbocycles. The Morgan fingerprint density at radius 2 is 1.95 bits per heavy atom. The second kappa shape index (κ2) is 4.73. The van der Waals surface area contributed by atoms with Gasteiger partial charge in [0.05, 0.1) is 0 Å². The van der Waals surface area contributed by atoms with E-state index < -0.39 is 0 Å². The highest BCUT2D eigenvalue weighted by molar-refractivity contribution is 5.82. The fourth-order valence-corrected chi connectivity index (χ4v) is 2.24. The van der Waals surface area contributed by atoms with Crippen molar-refractivity contribution >= 4 is 11.3 Å². The van der Waals surface area contributed by atoms with Crippen molar-refractivity contribution in [1.82, 2.24) is 14.2 Å². The van der Waals surface area contributed by atoms with Crippen molar-refractivity contribution in [2.24, 2.45) is 5.18 Å². The van der Waals surface area contributed by atoms with Gasteiger partial charge >= 0.3 is 0 Å². The highest BCUT2D eigenvalue weighted by Gasteiger charge is 2.18. The molecule has 0 aliphatic rings. The van der Waals surface area contributed by atoms with Crippen molar-refractivity contribution in [3.05, 3.63) is 57.9 Å². The minimum absolute atomic E-state index is 0.191. The lowest BCUT2D eigenvalue weighted by Crippen LogP contribution is -2.16. The third-order valence-electron chi connectivity index (χ3n) is 3.19. The van der Waals surface area contributed by atoms with Crippen molar-refractivity contribution < 1.29 is 0 Å². The van der Waals surface area contributed by atoms with E-state index in [0.29, 0.717) is 17.9 Å². The topological polar surface area (TPSA) is 68.7 Å². The molecular formula is C14H12N4O2. The van der Waals surface area contributed by atoms with Gasteiger partial charge in [0.25, 0.3) is 5.56 Å². The molecule has 3 aromatic rings. The van der Waals surface area contributed by atoms with Gasteiger partial charge in [-0.15, -0.1) is 4.91 Å². The summed E-state index contributed by atoms with van der Waals surface area (Å²) in [5, 5.41) is 7.34. The van der Waals surface area contributed by atoms with Gasteiger partial charge < -0.3 is 4.57 Å². The summed E-state index contributed by atoms with van der Waals surface area (Å²) in [4.78, 5) is 23.1. The summed E-state index contributed by atoms with van der Waals surface area (Å²) < 4.78 is 3.00. The van der Waals surface area contributed by atoms with E-state index in [0.717, 1.165) is 5.56 Å². The molecule has 0 atom stereocenters. The van der Waals surface area contributed by atoms with E-state index in [9.17, 15) is 9.70 Å². The number of fused-ring (bicyclic) bond motifs is 1. The quantitative estimate of drug-likeness (QED) is 0.685. The lowest BCUT2D eigenvalue weighted by molar-refractivity contribution is 0.739. The van der Waals surface area contributed by atoms with Crippen LogP contribution in [0.5, 0.6) is 0 Å². The fourth-order valence-electron chi connectivity index (χ4n) is 2.24. The van der Waals surface area contributed by atoms with Crippen LogP contribution in [-0.2, 0) is 6.54 Å². The molecule has 0 radical (unpaired) electrons. The maximum absolute atomic E-state index is 11.9. The lowest BCUT2D eigenvalue weighted by atomic mass is 10.1. The van der Waals surface area contributed by atoms with Gasteiger partial charge in [-0.2, -0.15) is 9.61 Å². The molecule has 0 fully saturated rings.